The molecule has 1 heterocycles. The van der Waals surface area contributed by atoms with Crippen molar-refractivity contribution >= 4 is 23.1 Å². The number of amides is 1. The zero-order valence-electron chi connectivity index (χ0n) is 12.3. The van der Waals surface area contributed by atoms with Gasteiger partial charge in [0.05, 0.1) is 5.69 Å². The molecule has 3 rings (SSSR count). The van der Waals surface area contributed by atoms with Crippen molar-refractivity contribution in [3.05, 3.63) is 78.0 Å². The number of aromatic nitrogens is 2. The lowest BCUT2D eigenvalue weighted by Gasteiger charge is -2.07. The number of nitrogens with zero attached hydrogens (tertiary/aromatic N) is 2. The molecule has 0 fully saturated rings. The van der Waals surface area contributed by atoms with E-state index in [1.807, 2.05) is 0 Å². The van der Waals surface area contributed by atoms with Gasteiger partial charge in [0.1, 0.15) is 11.6 Å². The number of para-hydroxylation sites is 1. The van der Waals surface area contributed by atoms with Gasteiger partial charge in [-0.2, -0.15) is 0 Å². The van der Waals surface area contributed by atoms with Crippen LogP contribution < -0.4 is 10.6 Å². The van der Waals surface area contributed by atoms with E-state index in [4.69, 9.17) is 0 Å². The maximum Gasteiger partial charge on any atom is 0.276 e. The van der Waals surface area contributed by atoms with Gasteiger partial charge in [-0.3, -0.25) is 4.79 Å². The van der Waals surface area contributed by atoms with Crippen molar-refractivity contribution in [2.24, 2.45) is 0 Å². The lowest BCUT2D eigenvalue weighted by molar-refractivity contribution is 0.102. The molecule has 0 aliphatic carbocycles. The summed E-state index contributed by atoms with van der Waals surface area (Å²) in [5.41, 5.74) is 0.783. The highest BCUT2D eigenvalue weighted by molar-refractivity contribution is 6.02. The summed E-state index contributed by atoms with van der Waals surface area (Å²) in [5.74, 6) is -0.987. The minimum Gasteiger partial charge on any atom is -0.336 e. The highest BCUT2D eigenvalue weighted by Gasteiger charge is 2.09. The lowest BCUT2D eigenvalue weighted by Crippen LogP contribution is -2.14. The Balaban J connectivity index is 1.68. The second kappa shape index (κ2) is 6.82. The van der Waals surface area contributed by atoms with Gasteiger partial charge in [-0.25, -0.2) is 8.78 Å². The van der Waals surface area contributed by atoms with Gasteiger partial charge in [0, 0.05) is 5.69 Å². The van der Waals surface area contributed by atoms with E-state index in [1.54, 1.807) is 18.2 Å². The van der Waals surface area contributed by atoms with E-state index in [1.165, 1.54) is 42.5 Å². The number of carbonyl (C=O) groups excluding carboxylic acids is 1. The van der Waals surface area contributed by atoms with E-state index in [0.29, 0.717) is 11.5 Å². The van der Waals surface area contributed by atoms with Gasteiger partial charge in [-0.1, -0.05) is 12.1 Å². The molecule has 120 valence electrons. The van der Waals surface area contributed by atoms with Crippen molar-refractivity contribution in [2.45, 2.75) is 0 Å². The van der Waals surface area contributed by atoms with E-state index >= 15 is 0 Å². The molecule has 0 saturated carbocycles. The predicted molar refractivity (Wildman–Crippen MR) is 86.1 cm³/mol. The van der Waals surface area contributed by atoms with Gasteiger partial charge in [0.15, 0.2) is 11.5 Å². The minimum absolute atomic E-state index is 0.0819. The molecule has 2 aromatic carbocycles. The number of hydrogen-bond donors (Lipinski definition) is 2. The Hall–Kier alpha value is -3.35. The topological polar surface area (TPSA) is 66.9 Å². The molecule has 7 heteroatoms. The third-order valence-corrected chi connectivity index (χ3v) is 3.14. The molecule has 0 saturated heterocycles. The molecule has 0 atom stereocenters. The molecular weight excluding hydrogens is 314 g/mol. The number of benzene rings is 2. The van der Waals surface area contributed by atoms with Crippen LogP contribution in [0, 0.1) is 11.6 Å². The average molecular weight is 326 g/mol. The minimum atomic E-state index is -0.480. The molecule has 0 aliphatic rings. The Kier molecular flexibility index (Phi) is 4.42. The summed E-state index contributed by atoms with van der Waals surface area (Å²) in [6.45, 7) is 0. The summed E-state index contributed by atoms with van der Waals surface area (Å²) in [7, 11) is 0. The monoisotopic (exact) mass is 326 g/mol. The Morgan fingerprint density at radius 2 is 1.62 bits per heavy atom. The van der Waals surface area contributed by atoms with Gasteiger partial charge < -0.3 is 10.6 Å². The van der Waals surface area contributed by atoms with Crippen LogP contribution >= 0.6 is 0 Å². The first-order chi connectivity index (χ1) is 11.6. The summed E-state index contributed by atoms with van der Waals surface area (Å²) >= 11 is 0. The van der Waals surface area contributed by atoms with Crippen molar-refractivity contribution in [1.82, 2.24) is 10.2 Å². The van der Waals surface area contributed by atoms with E-state index in [-0.39, 0.29) is 11.4 Å². The molecule has 0 unspecified atom stereocenters. The fourth-order valence-corrected chi connectivity index (χ4v) is 1.95. The summed E-state index contributed by atoms with van der Waals surface area (Å²) in [6.07, 6.45) is 0. The quantitative estimate of drug-likeness (QED) is 0.766. The molecule has 0 radical (unpaired) electrons. The van der Waals surface area contributed by atoms with Crippen molar-refractivity contribution in [3.63, 3.8) is 0 Å². The van der Waals surface area contributed by atoms with Gasteiger partial charge in [-0.05, 0) is 48.5 Å². The van der Waals surface area contributed by atoms with Crippen LogP contribution in [0.25, 0.3) is 0 Å². The maximum atomic E-state index is 13.6. The van der Waals surface area contributed by atoms with Crippen LogP contribution in [0.15, 0.2) is 60.7 Å². The molecule has 0 spiro atoms. The van der Waals surface area contributed by atoms with E-state index in [9.17, 15) is 13.6 Å². The van der Waals surface area contributed by atoms with Crippen LogP contribution in [0.4, 0.5) is 26.0 Å². The number of halogens is 2. The van der Waals surface area contributed by atoms with Gasteiger partial charge >= 0.3 is 0 Å². The van der Waals surface area contributed by atoms with Gasteiger partial charge in [0.2, 0.25) is 0 Å². The third-order valence-electron chi connectivity index (χ3n) is 3.14. The number of carbonyl (C=O) groups is 1. The number of nitrogens with one attached hydrogen (secondary N) is 2. The molecule has 24 heavy (non-hydrogen) atoms. The van der Waals surface area contributed by atoms with Crippen LogP contribution in [-0.4, -0.2) is 16.1 Å². The van der Waals surface area contributed by atoms with E-state index in [0.717, 1.165) is 0 Å². The largest absolute Gasteiger partial charge is 0.336 e. The molecule has 1 aromatic heterocycles. The van der Waals surface area contributed by atoms with Crippen LogP contribution in [0.3, 0.4) is 0 Å². The van der Waals surface area contributed by atoms with E-state index in [2.05, 4.69) is 20.8 Å². The van der Waals surface area contributed by atoms with E-state index < -0.39 is 17.5 Å². The van der Waals surface area contributed by atoms with Crippen molar-refractivity contribution < 1.29 is 13.6 Å². The van der Waals surface area contributed by atoms with Crippen LogP contribution in [-0.2, 0) is 0 Å². The molecular formula is C17H12F2N4O. The molecule has 3 aromatic rings. The van der Waals surface area contributed by atoms with Crippen LogP contribution in [0.2, 0.25) is 0 Å². The van der Waals surface area contributed by atoms with Crippen LogP contribution in [0.1, 0.15) is 10.5 Å². The molecule has 5 nitrogen and oxygen atoms in total. The Morgan fingerprint density at radius 3 is 2.29 bits per heavy atom. The predicted octanol–water partition coefficient (Wildman–Crippen LogP) is 3.75. The standard InChI is InChI=1S/C17H12F2N4O/c18-11-5-7-12(8-6-11)20-17(24)15-9-10-16(23-22-15)21-14-4-2-1-3-13(14)19/h1-10H,(H,20,24)(H,21,23). The molecule has 1 amide bonds. The first-order valence-electron chi connectivity index (χ1n) is 7.04. The second-order valence-corrected chi connectivity index (χ2v) is 4.87. The zero-order valence-corrected chi connectivity index (χ0v) is 12.3. The van der Waals surface area contributed by atoms with Gasteiger partial charge in [0.25, 0.3) is 5.91 Å². The Labute approximate surface area is 136 Å². The second-order valence-electron chi connectivity index (χ2n) is 4.87. The highest BCUT2D eigenvalue weighted by Crippen LogP contribution is 2.17. The smallest absolute Gasteiger partial charge is 0.276 e. The average Bonchev–Trinajstić information content (AvgIpc) is 2.59. The fraction of sp³-hybridized carbons (Fsp3) is 0. The first kappa shape index (κ1) is 15.5. The molecule has 2 N–H and O–H groups in total. The Bertz CT molecular complexity index is 851. The van der Waals surface area contributed by atoms with Crippen molar-refractivity contribution in [2.75, 3.05) is 10.6 Å². The zero-order chi connectivity index (χ0) is 16.9. The fourth-order valence-electron chi connectivity index (χ4n) is 1.95. The van der Waals surface area contributed by atoms with Crippen molar-refractivity contribution in [3.8, 4) is 0 Å². The normalized spacial score (nSPS) is 10.2. The number of anilines is 3. The highest BCUT2D eigenvalue weighted by atomic mass is 19.1. The maximum absolute atomic E-state index is 13.6. The third kappa shape index (κ3) is 3.70. The molecule has 0 aliphatic heterocycles. The Morgan fingerprint density at radius 1 is 0.875 bits per heavy atom. The SMILES string of the molecule is O=C(Nc1ccc(F)cc1)c1ccc(Nc2ccccc2F)nn1. The summed E-state index contributed by atoms with van der Waals surface area (Å²) in [4.78, 5) is 12.0. The van der Waals surface area contributed by atoms with Gasteiger partial charge in [-0.15, -0.1) is 10.2 Å². The summed E-state index contributed by atoms with van der Waals surface area (Å²) in [6, 6.07) is 14.5. The van der Waals surface area contributed by atoms with Crippen LogP contribution in [0.5, 0.6) is 0 Å². The summed E-state index contributed by atoms with van der Waals surface area (Å²) in [5, 5.41) is 13.0. The number of hydrogen-bond acceptors (Lipinski definition) is 4. The first-order valence-corrected chi connectivity index (χ1v) is 7.04. The molecule has 0 bridgehead atoms. The van der Waals surface area contributed by atoms with Crippen molar-refractivity contribution in [1.29, 1.82) is 0 Å². The summed E-state index contributed by atoms with van der Waals surface area (Å²) < 4.78 is 26.4. The lowest BCUT2D eigenvalue weighted by atomic mass is 10.3. The number of rotatable bonds is 4.